The van der Waals surface area contributed by atoms with Gasteiger partial charge in [-0.25, -0.2) is 0 Å². The van der Waals surface area contributed by atoms with Crippen molar-refractivity contribution in [3.63, 3.8) is 0 Å². The summed E-state index contributed by atoms with van der Waals surface area (Å²) in [6, 6.07) is 1.81. The summed E-state index contributed by atoms with van der Waals surface area (Å²) in [5.74, 6) is 0.662. The Hall–Kier alpha value is -1.13. The smallest absolute Gasteiger partial charge is 0.138 e. The van der Waals surface area contributed by atoms with E-state index in [1.165, 1.54) is 0 Å². The molecular formula is C15H25NO3. The van der Waals surface area contributed by atoms with Gasteiger partial charge in [0.25, 0.3) is 0 Å². The lowest BCUT2D eigenvalue weighted by atomic mass is 9.83. The minimum absolute atomic E-state index is 0.0787. The summed E-state index contributed by atoms with van der Waals surface area (Å²) in [5.41, 5.74) is 0.545. The Balaban J connectivity index is 2.95. The number of aromatic nitrogens is 1. The molecule has 2 unspecified atom stereocenters. The highest BCUT2D eigenvalue weighted by atomic mass is 16.5. The van der Waals surface area contributed by atoms with Crippen LogP contribution in [0.3, 0.4) is 0 Å². The van der Waals surface area contributed by atoms with E-state index in [0.717, 1.165) is 0 Å². The minimum atomic E-state index is -0.729. The molecule has 0 amide bonds. The first-order chi connectivity index (χ1) is 8.75. The minimum Gasteiger partial charge on any atom is -0.489 e. The average molecular weight is 267 g/mol. The molecule has 1 rings (SSSR count). The summed E-state index contributed by atoms with van der Waals surface area (Å²) in [6.07, 6.45) is 2.34. The van der Waals surface area contributed by atoms with E-state index in [0.29, 0.717) is 11.3 Å². The van der Waals surface area contributed by atoms with Crippen molar-refractivity contribution in [2.24, 2.45) is 5.41 Å². The third kappa shape index (κ3) is 4.48. The van der Waals surface area contributed by atoms with E-state index in [2.05, 4.69) is 4.98 Å². The predicted octanol–water partition coefficient (Wildman–Crippen LogP) is 2.96. The largest absolute Gasteiger partial charge is 0.489 e. The SMILES string of the molecule is COC(C(O)c1cncc(OC(C)C)c1)C(C)(C)C. The van der Waals surface area contributed by atoms with Crippen molar-refractivity contribution in [3.05, 3.63) is 24.0 Å². The maximum absolute atomic E-state index is 10.5. The zero-order chi connectivity index (χ0) is 14.6. The first-order valence-electron chi connectivity index (χ1n) is 6.58. The maximum Gasteiger partial charge on any atom is 0.138 e. The van der Waals surface area contributed by atoms with Crippen molar-refractivity contribution in [1.29, 1.82) is 0 Å². The van der Waals surface area contributed by atoms with Gasteiger partial charge in [0.15, 0.2) is 0 Å². The molecule has 0 aliphatic carbocycles. The van der Waals surface area contributed by atoms with Gasteiger partial charge in [0, 0.05) is 18.9 Å². The summed E-state index contributed by atoms with van der Waals surface area (Å²) in [6.45, 7) is 10.0. The molecule has 2 atom stereocenters. The molecule has 0 bridgehead atoms. The van der Waals surface area contributed by atoms with E-state index in [1.807, 2.05) is 40.7 Å². The van der Waals surface area contributed by atoms with Crippen LogP contribution in [0.2, 0.25) is 0 Å². The third-order valence-corrected chi connectivity index (χ3v) is 2.84. The molecule has 1 aromatic rings. The van der Waals surface area contributed by atoms with Crippen molar-refractivity contribution < 1.29 is 14.6 Å². The fourth-order valence-electron chi connectivity index (χ4n) is 2.06. The second kappa shape index (κ2) is 6.35. The maximum atomic E-state index is 10.5. The molecule has 0 saturated heterocycles. The summed E-state index contributed by atoms with van der Waals surface area (Å²) < 4.78 is 11.0. The van der Waals surface area contributed by atoms with Crippen molar-refractivity contribution in [3.8, 4) is 5.75 Å². The molecule has 0 aliphatic rings. The lowest BCUT2D eigenvalue weighted by molar-refractivity contribution is -0.0726. The van der Waals surface area contributed by atoms with Crippen molar-refractivity contribution in [2.45, 2.75) is 52.9 Å². The Morgan fingerprint density at radius 2 is 1.84 bits per heavy atom. The summed E-state index contributed by atoms with van der Waals surface area (Å²) in [4.78, 5) is 4.12. The van der Waals surface area contributed by atoms with Crippen LogP contribution in [0.5, 0.6) is 5.75 Å². The lowest BCUT2D eigenvalue weighted by Gasteiger charge is -2.33. The van der Waals surface area contributed by atoms with Gasteiger partial charge in [-0.3, -0.25) is 4.98 Å². The zero-order valence-corrected chi connectivity index (χ0v) is 12.7. The van der Waals surface area contributed by atoms with Gasteiger partial charge in [0.1, 0.15) is 11.9 Å². The number of rotatable bonds is 5. The van der Waals surface area contributed by atoms with E-state index < -0.39 is 6.10 Å². The Kier molecular flexibility index (Phi) is 5.32. The number of ether oxygens (including phenoxy) is 2. The highest BCUT2D eigenvalue weighted by molar-refractivity contribution is 5.26. The predicted molar refractivity (Wildman–Crippen MR) is 75.2 cm³/mol. The highest BCUT2D eigenvalue weighted by Gasteiger charge is 2.32. The molecule has 19 heavy (non-hydrogen) atoms. The van der Waals surface area contributed by atoms with Crippen LogP contribution >= 0.6 is 0 Å². The monoisotopic (exact) mass is 267 g/mol. The second-order valence-corrected chi connectivity index (χ2v) is 6.09. The molecule has 1 N–H and O–H groups in total. The first-order valence-corrected chi connectivity index (χ1v) is 6.58. The molecule has 0 aromatic carbocycles. The van der Waals surface area contributed by atoms with Gasteiger partial charge in [-0.1, -0.05) is 20.8 Å². The molecule has 4 nitrogen and oxygen atoms in total. The molecule has 1 heterocycles. The average Bonchev–Trinajstić information content (AvgIpc) is 2.27. The van der Waals surface area contributed by atoms with E-state index in [1.54, 1.807) is 19.5 Å². The van der Waals surface area contributed by atoms with Gasteiger partial charge in [0.2, 0.25) is 0 Å². The Morgan fingerprint density at radius 3 is 2.32 bits per heavy atom. The van der Waals surface area contributed by atoms with E-state index in [9.17, 15) is 5.11 Å². The van der Waals surface area contributed by atoms with Gasteiger partial charge in [0.05, 0.1) is 18.4 Å². The summed E-state index contributed by atoms with van der Waals surface area (Å²) >= 11 is 0. The van der Waals surface area contributed by atoms with E-state index in [4.69, 9.17) is 9.47 Å². The second-order valence-electron chi connectivity index (χ2n) is 6.09. The molecule has 0 radical (unpaired) electrons. The molecule has 0 aliphatic heterocycles. The number of aliphatic hydroxyl groups is 1. The van der Waals surface area contributed by atoms with Crippen LogP contribution in [0.15, 0.2) is 18.5 Å². The number of hydrogen-bond donors (Lipinski definition) is 1. The van der Waals surface area contributed by atoms with E-state index >= 15 is 0 Å². The van der Waals surface area contributed by atoms with Crippen LogP contribution in [0.25, 0.3) is 0 Å². The Bertz CT molecular complexity index is 399. The molecule has 1 aromatic heterocycles. The van der Waals surface area contributed by atoms with Crippen molar-refractivity contribution in [1.82, 2.24) is 4.98 Å². The number of nitrogens with zero attached hydrogens (tertiary/aromatic N) is 1. The number of pyridine rings is 1. The van der Waals surface area contributed by atoms with Gasteiger partial charge in [-0.2, -0.15) is 0 Å². The normalized spacial score (nSPS) is 15.4. The fraction of sp³-hybridized carbons (Fsp3) is 0.667. The fourth-order valence-corrected chi connectivity index (χ4v) is 2.06. The van der Waals surface area contributed by atoms with Crippen LogP contribution in [-0.2, 0) is 4.74 Å². The molecule has 0 spiro atoms. The standard InChI is InChI=1S/C15H25NO3/c1-10(2)19-12-7-11(8-16-9-12)13(17)14(18-6)15(3,4)5/h7-10,13-14,17H,1-6H3. The molecule has 4 heteroatoms. The molecular weight excluding hydrogens is 242 g/mol. The lowest BCUT2D eigenvalue weighted by Crippen LogP contribution is -2.34. The third-order valence-electron chi connectivity index (χ3n) is 2.84. The van der Waals surface area contributed by atoms with Crippen LogP contribution < -0.4 is 4.74 Å². The summed E-state index contributed by atoms with van der Waals surface area (Å²) in [5, 5.41) is 10.5. The van der Waals surface area contributed by atoms with Crippen LogP contribution in [0, 0.1) is 5.41 Å². The quantitative estimate of drug-likeness (QED) is 0.891. The molecule has 0 fully saturated rings. The van der Waals surface area contributed by atoms with E-state index in [-0.39, 0.29) is 17.6 Å². The number of methoxy groups -OCH3 is 1. The zero-order valence-electron chi connectivity index (χ0n) is 12.7. The number of hydrogen-bond acceptors (Lipinski definition) is 4. The molecule has 108 valence electrons. The van der Waals surface area contributed by atoms with Crippen LogP contribution in [-0.4, -0.2) is 29.4 Å². The number of aliphatic hydroxyl groups excluding tert-OH is 1. The van der Waals surface area contributed by atoms with Gasteiger partial charge >= 0.3 is 0 Å². The Morgan fingerprint density at radius 1 is 1.21 bits per heavy atom. The van der Waals surface area contributed by atoms with Gasteiger partial charge in [-0.05, 0) is 25.3 Å². The van der Waals surface area contributed by atoms with Crippen molar-refractivity contribution >= 4 is 0 Å². The Labute approximate surface area is 115 Å². The van der Waals surface area contributed by atoms with Gasteiger partial charge in [-0.15, -0.1) is 0 Å². The topological polar surface area (TPSA) is 51.6 Å². The molecule has 0 saturated carbocycles. The first kappa shape index (κ1) is 15.9. The van der Waals surface area contributed by atoms with Crippen LogP contribution in [0.4, 0.5) is 0 Å². The van der Waals surface area contributed by atoms with Crippen LogP contribution in [0.1, 0.15) is 46.3 Å². The highest BCUT2D eigenvalue weighted by Crippen LogP contribution is 2.33. The summed E-state index contributed by atoms with van der Waals surface area (Å²) in [7, 11) is 1.61. The van der Waals surface area contributed by atoms with Gasteiger partial charge < -0.3 is 14.6 Å². The van der Waals surface area contributed by atoms with Crippen molar-refractivity contribution in [2.75, 3.05) is 7.11 Å².